The van der Waals surface area contributed by atoms with Gasteiger partial charge in [-0.3, -0.25) is 10.1 Å². The Morgan fingerprint density at radius 3 is 2.59 bits per heavy atom. The predicted octanol–water partition coefficient (Wildman–Crippen LogP) is 5.65. The third-order valence-corrected chi connectivity index (χ3v) is 6.86. The van der Waals surface area contributed by atoms with E-state index in [2.05, 4.69) is 23.5 Å². The summed E-state index contributed by atoms with van der Waals surface area (Å²) in [7, 11) is 0. The van der Waals surface area contributed by atoms with Crippen LogP contribution in [0.2, 0.25) is 5.02 Å². The van der Waals surface area contributed by atoms with Crippen molar-refractivity contribution >= 4 is 29.0 Å². The molecule has 8 heteroatoms. The van der Waals surface area contributed by atoms with Crippen LogP contribution in [0.4, 0.5) is 10.5 Å². The van der Waals surface area contributed by atoms with E-state index in [1.165, 1.54) is 52.1 Å². The number of hydrogen-bond acceptors (Lipinski definition) is 5. The van der Waals surface area contributed by atoms with Gasteiger partial charge >= 0.3 is 6.09 Å². The van der Waals surface area contributed by atoms with Crippen molar-refractivity contribution in [1.82, 2.24) is 10.2 Å². The Labute approximate surface area is 202 Å². The highest BCUT2D eigenvalue weighted by atomic mass is 35.5. The largest absolute Gasteiger partial charge is 0.415 e. The first-order valence-corrected chi connectivity index (χ1v) is 11.7. The molecule has 0 aromatic heterocycles. The van der Waals surface area contributed by atoms with Crippen molar-refractivity contribution in [2.75, 3.05) is 13.1 Å². The number of nitrogens with one attached hydrogen (secondary N) is 1. The van der Waals surface area contributed by atoms with Crippen molar-refractivity contribution in [2.24, 2.45) is 0 Å². The molecular weight excluding hydrogens is 454 g/mol. The highest BCUT2D eigenvalue weighted by Crippen LogP contribution is 2.39. The second-order valence-electron chi connectivity index (χ2n) is 8.63. The first-order valence-electron chi connectivity index (χ1n) is 11.3. The highest BCUT2D eigenvalue weighted by Gasteiger charge is 2.31. The quantitative estimate of drug-likeness (QED) is 0.446. The van der Waals surface area contributed by atoms with Crippen LogP contribution in [-0.4, -0.2) is 35.0 Å². The van der Waals surface area contributed by atoms with E-state index < -0.39 is 11.0 Å². The number of nitrogens with zero attached hydrogens (tertiary/aromatic N) is 2. The molecule has 1 saturated heterocycles. The molecule has 1 unspecified atom stereocenters. The van der Waals surface area contributed by atoms with E-state index in [4.69, 9.17) is 16.3 Å². The van der Waals surface area contributed by atoms with Gasteiger partial charge in [0.05, 0.1) is 11.0 Å². The SMILES string of the molecule is O=C(Oc1ccc([N+](=O)[O-])cc1)N1CCC(=C2c3ccc(Cl)cc3CCC3=CC=CNC32)CC1. The normalized spacial score (nSPS) is 19.4. The lowest BCUT2D eigenvalue weighted by molar-refractivity contribution is -0.384. The van der Waals surface area contributed by atoms with E-state index in [-0.39, 0.29) is 11.7 Å². The number of amides is 1. The summed E-state index contributed by atoms with van der Waals surface area (Å²) in [6.45, 7) is 1.10. The minimum Gasteiger partial charge on any atom is -0.410 e. The molecule has 1 aliphatic carbocycles. The second kappa shape index (κ2) is 9.35. The van der Waals surface area contributed by atoms with Crippen LogP contribution < -0.4 is 10.1 Å². The van der Waals surface area contributed by atoms with Gasteiger partial charge in [0.25, 0.3) is 5.69 Å². The van der Waals surface area contributed by atoms with Gasteiger partial charge in [0.1, 0.15) is 5.75 Å². The van der Waals surface area contributed by atoms with Crippen LogP contribution in [0, 0.1) is 10.1 Å². The molecule has 0 bridgehead atoms. The molecule has 2 aromatic rings. The van der Waals surface area contributed by atoms with Crippen molar-refractivity contribution in [2.45, 2.75) is 31.7 Å². The van der Waals surface area contributed by atoms with Gasteiger partial charge in [-0.2, -0.15) is 0 Å². The zero-order valence-electron chi connectivity index (χ0n) is 18.5. The number of non-ortho nitro benzene ring substituents is 1. The van der Waals surface area contributed by atoms with Gasteiger partial charge in [0, 0.05) is 30.2 Å². The van der Waals surface area contributed by atoms with Crippen LogP contribution >= 0.6 is 11.6 Å². The van der Waals surface area contributed by atoms with Gasteiger partial charge in [0.15, 0.2) is 0 Å². The number of dihydropyridines is 1. The van der Waals surface area contributed by atoms with E-state index in [1.54, 1.807) is 4.90 Å². The Bertz CT molecular complexity index is 1220. The fourth-order valence-corrected chi connectivity index (χ4v) is 5.11. The Morgan fingerprint density at radius 2 is 1.85 bits per heavy atom. The van der Waals surface area contributed by atoms with Crippen LogP contribution in [0.1, 0.15) is 30.4 Å². The maximum Gasteiger partial charge on any atom is 0.415 e. The molecule has 1 amide bonds. The molecule has 3 aliphatic rings. The van der Waals surface area contributed by atoms with E-state index in [1.807, 2.05) is 18.3 Å². The zero-order valence-corrected chi connectivity index (χ0v) is 19.3. The summed E-state index contributed by atoms with van der Waals surface area (Å²) in [6.07, 6.45) is 9.22. The Balaban J connectivity index is 1.35. The molecule has 2 aromatic carbocycles. The van der Waals surface area contributed by atoms with E-state index >= 15 is 0 Å². The maximum atomic E-state index is 12.7. The molecule has 0 saturated carbocycles. The van der Waals surface area contributed by atoms with E-state index in [9.17, 15) is 14.9 Å². The molecule has 174 valence electrons. The van der Waals surface area contributed by atoms with Crippen LogP contribution in [-0.2, 0) is 6.42 Å². The van der Waals surface area contributed by atoms with Crippen molar-refractivity contribution in [3.8, 4) is 5.75 Å². The number of halogens is 1. The molecule has 2 heterocycles. The molecule has 1 atom stereocenters. The fraction of sp³-hybridized carbons (Fsp3) is 0.269. The van der Waals surface area contributed by atoms with Gasteiger partial charge in [-0.05, 0) is 84.5 Å². The lowest BCUT2D eigenvalue weighted by Crippen LogP contribution is -2.39. The molecule has 2 aliphatic heterocycles. The molecule has 5 rings (SSSR count). The molecule has 34 heavy (non-hydrogen) atoms. The Hall–Kier alpha value is -3.58. The first-order chi connectivity index (χ1) is 16.5. The van der Waals surface area contributed by atoms with Crippen LogP contribution in [0.3, 0.4) is 0 Å². The number of aryl methyl sites for hydroxylation is 1. The summed E-state index contributed by atoms with van der Waals surface area (Å²) in [4.78, 5) is 24.7. The minimum absolute atomic E-state index is 0.0430. The number of hydrogen-bond donors (Lipinski definition) is 1. The third kappa shape index (κ3) is 4.43. The van der Waals surface area contributed by atoms with E-state index in [0.29, 0.717) is 18.8 Å². The third-order valence-electron chi connectivity index (χ3n) is 6.63. The van der Waals surface area contributed by atoms with Gasteiger partial charge in [0.2, 0.25) is 0 Å². The van der Waals surface area contributed by atoms with Gasteiger partial charge in [-0.15, -0.1) is 0 Å². The second-order valence-corrected chi connectivity index (χ2v) is 9.06. The van der Waals surface area contributed by atoms with Crippen molar-refractivity contribution in [3.63, 3.8) is 0 Å². The van der Waals surface area contributed by atoms with Crippen molar-refractivity contribution in [3.05, 3.63) is 98.2 Å². The lowest BCUT2D eigenvalue weighted by Gasteiger charge is -2.32. The number of benzene rings is 2. The first kappa shape index (κ1) is 22.2. The van der Waals surface area contributed by atoms with Crippen LogP contribution in [0.25, 0.3) is 5.57 Å². The summed E-state index contributed by atoms with van der Waals surface area (Å²) in [5.74, 6) is 0.294. The average Bonchev–Trinajstić information content (AvgIpc) is 3.01. The summed E-state index contributed by atoms with van der Waals surface area (Å²) in [5, 5.41) is 15.1. The summed E-state index contributed by atoms with van der Waals surface area (Å²) in [6, 6.07) is 11.8. The van der Waals surface area contributed by atoms with Gasteiger partial charge < -0.3 is 15.0 Å². The summed E-state index contributed by atoms with van der Waals surface area (Å²) < 4.78 is 5.45. The van der Waals surface area contributed by atoms with Crippen LogP contribution in [0.15, 0.2) is 72.0 Å². The highest BCUT2D eigenvalue weighted by molar-refractivity contribution is 6.30. The number of fused-ring (bicyclic) bond motifs is 2. The number of allylic oxidation sites excluding steroid dienone is 2. The van der Waals surface area contributed by atoms with E-state index in [0.717, 1.165) is 30.7 Å². The standard InChI is InChI=1S/C26H24ClN3O4/c27-20-5-10-23-19(16-20)4-3-18-2-1-13-28-25(18)24(23)17-11-14-29(15-12-17)26(31)34-22-8-6-21(7-9-22)30(32)33/h1-2,5-10,13,16,25,28H,3-4,11-12,14-15H2. The lowest BCUT2D eigenvalue weighted by atomic mass is 9.85. The Kier molecular flexibility index (Phi) is 6.11. The maximum absolute atomic E-state index is 12.7. The smallest absolute Gasteiger partial charge is 0.410 e. The zero-order chi connectivity index (χ0) is 23.7. The number of piperidine rings is 1. The summed E-state index contributed by atoms with van der Waals surface area (Å²) >= 11 is 6.31. The van der Waals surface area contributed by atoms with Crippen LogP contribution in [0.5, 0.6) is 5.75 Å². The number of carbonyl (C=O) groups excluding carboxylic acids is 1. The number of likely N-dealkylation sites (tertiary alicyclic amines) is 1. The van der Waals surface area contributed by atoms with Crippen molar-refractivity contribution in [1.29, 1.82) is 0 Å². The monoisotopic (exact) mass is 477 g/mol. The average molecular weight is 478 g/mol. The van der Waals surface area contributed by atoms with Gasteiger partial charge in [-0.25, -0.2) is 4.79 Å². The molecule has 7 nitrogen and oxygen atoms in total. The molecule has 1 N–H and O–H groups in total. The molecule has 0 radical (unpaired) electrons. The number of rotatable bonds is 2. The Morgan fingerprint density at radius 1 is 1.09 bits per heavy atom. The number of carbonyl (C=O) groups is 1. The summed E-state index contributed by atoms with van der Waals surface area (Å²) in [5.41, 5.74) is 6.44. The molecule has 1 fully saturated rings. The topological polar surface area (TPSA) is 84.7 Å². The number of nitro benzene ring substituents is 1. The molecule has 0 spiro atoms. The number of nitro groups is 1. The van der Waals surface area contributed by atoms with Crippen molar-refractivity contribution < 1.29 is 14.5 Å². The molecular formula is C26H24ClN3O4. The fourth-order valence-electron chi connectivity index (χ4n) is 4.91. The predicted molar refractivity (Wildman–Crippen MR) is 131 cm³/mol. The van der Waals surface area contributed by atoms with Gasteiger partial charge in [-0.1, -0.05) is 29.3 Å². The number of ether oxygens (including phenoxy) is 1. The minimum atomic E-state index is -0.484.